The van der Waals surface area contributed by atoms with Gasteiger partial charge in [-0.15, -0.1) is 0 Å². The van der Waals surface area contributed by atoms with Gasteiger partial charge in [-0.1, -0.05) is 17.7 Å². The molecule has 1 amide bonds. The third-order valence-electron chi connectivity index (χ3n) is 3.49. The van der Waals surface area contributed by atoms with Crippen LogP contribution in [-0.2, 0) is 6.42 Å². The fourth-order valence-electron chi connectivity index (χ4n) is 2.38. The van der Waals surface area contributed by atoms with Crippen LogP contribution < -0.4 is 10.6 Å². The monoisotopic (exact) mass is 364 g/mol. The molecular weight excluding hydrogens is 352 g/mol. The molecular formula is C16H14BrClN2O. The van der Waals surface area contributed by atoms with Crippen LogP contribution in [0.25, 0.3) is 0 Å². The number of amides is 1. The Morgan fingerprint density at radius 3 is 2.90 bits per heavy atom. The van der Waals surface area contributed by atoms with Crippen molar-refractivity contribution in [1.29, 1.82) is 0 Å². The highest BCUT2D eigenvalue weighted by Gasteiger charge is 2.12. The predicted molar refractivity (Wildman–Crippen MR) is 90.4 cm³/mol. The molecule has 1 aliphatic rings. The van der Waals surface area contributed by atoms with E-state index in [4.69, 9.17) is 11.6 Å². The van der Waals surface area contributed by atoms with Crippen molar-refractivity contribution >= 4 is 44.8 Å². The third kappa shape index (κ3) is 3.22. The van der Waals surface area contributed by atoms with Gasteiger partial charge in [0, 0.05) is 28.0 Å². The molecule has 0 saturated heterocycles. The van der Waals surface area contributed by atoms with Crippen molar-refractivity contribution in [1.82, 2.24) is 0 Å². The summed E-state index contributed by atoms with van der Waals surface area (Å²) < 4.78 is 0.712. The van der Waals surface area contributed by atoms with Gasteiger partial charge in [-0.2, -0.15) is 0 Å². The van der Waals surface area contributed by atoms with E-state index in [-0.39, 0.29) is 5.91 Å². The molecule has 0 saturated carbocycles. The molecule has 5 heteroatoms. The number of fused-ring (bicyclic) bond motifs is 1. The van der Waals surface area contributed by atoms with Gasteiger partial charge < -0.3 is 10.6 Å². The topological polar surface area (TPSA) is 41.1 Å². The number of benzene rings is 2. The van der Waals surface area contributed by atoms with E-state index >= 15 is 0 Å². The van der Waals surface area contributed by atoms with Crippen molar-refractivity contribution in [2.45, 2.75) is 12.8 Å². The van der Waals surface area contributed by atoms with Crippen LogP contribution in [0.2, 0.25) is 5.02 Å². The van der Waals surface area contributed by atoms with Crippen molar-refractivity contribution in [2.75, 3.05) is 17.2 Å². The molecule has 1 aliphatic heterocycles. The van der Waals surface area contributed by atoms with Gasteiger partial charge in [0.15, 0.2) is 0 Å². The zero-order valence-corrected chi connectivity index (χ0v) is 13.6. The van der Waals surface area contributed by atoms with Gasteiger partial charge in [0.25, 0.3) is 5.91 Å². The summed E-state index contributed by atoms with van der Waals surface area (Å²) in [5, 5.41) is 6.86. The Labute approximate surface area is 136 Å². The average molecular weight is 366 g/mol. The maximum absolute atomic E-state index is 12.3. The van der Waals surface area contributed by atoms with E-state index in [1.54, 1.807) is 18.2 Å². The molecule has 0 atom stereocenters. The molecule has 2 aromatic rings. The number of carbonyl (C=O) groups is 1. The number of rotatable bonds is 2. The van der Waals surface area contributed by atoms with Crippen molar-refractivity contribution < 1.29 is 4.79 Å². The minimum absolute atomic E-state index is 0.150. The van der Waals surface area contributed by atoms with Crippen LogP contribution in [0.4, 0.5) is 11.4 Å². The van der Waals surface area contributed by atoms with Crippen molar-refractivity contribution in [3.8, 4) is 0 Å². The lowest BCUT2D eigenvalue weighted by atomic mass is 10.0. The second-order valence-corrected chi connectivity index (χ2v) is 6.25. The lowest BCUT2D eigenvalue weighted by Crippen LogP contribution is -2.14. The van der Waals surface area contributed by atoms with Gasteiger partial charge in [0.2, 0.25) is 0 Å². The lowest BCUT2D eigenvalue weighted by Gasteiger charge is -2.19. The summed E-state index contributed by atoms with van der Waals surface area (Å²) in [5.41, 5.74) is 3.76. The summed E-state index contributed by atoms with van der Waals surface area (Å²) >= 11 is 9.27. The van der Waals surface area contributed by atoms with Gasteiger partial charge in [0.05, 0.1) is 5.02 Å². The van der Waals surface area contributed by atoms with E-state index in [0.29, 0.717) is 15.1 Å². The van der Waals surface area contributed by atoms with Crippen LogP contribution in [0, 0.1) is 0 Å². The van der Waals surface area contributed by atoms with E-state index < -0.39 is 0 Å². The maximum atomic E-state index is 12.3. The number of aryl methyl sites for hydroxylation is 1. The van der Waals surface area contributed by atoms with Crippen molar-refractivity contribution in [3.63, 3.8) is 0 Å². The van der Waals surface area contributed by atoms with Gasteiger partial charge in [-0.3, -0.25) is 4.79 Å². The Morgan fingerprint density at radius 1 is 1.24 bits per heavy atom. The molecule has 21 heavy (non-hydrogen) atoms. The highest BCUT2D eigenvalue weighted by Crippen LogP contribution is 2.27. The number of nitrogens with one attached hydrogen (secondary N) is 2. The quantitative estimate of drug-likeness (QED) is 0.809. The van der Waals surface area contributed by atoms with E-state index in [9.17, 15) is 4.79 Å². The van der Waals surface area contributed by atoms with E-state index in [2.05, 4.69) is 32.6 Å². The normalized spacial score (nSPS) is 13.2. The van der Waals surface area contributed by atoms with Crippen LogP contribution in [0.1, 0.15) is 22.3 Å². The molecule has 0 aliphatic carbocycles. The zero-order valence-electron chi connectivity index (χ0n) is 11.2. The Kier molecular flexibility index (Phi) is 4.17. The summed E-state index contributed by atoms with van der Waals surface area (Å²) in [5.74, 6) is -0.150. The first-order chi connectivity index (χ1) is 10.1. The summed E-state index contributed by atoms with van der Waals surface area (Å²) in [4.78, 5) is 12.3. The third-order valence-corrected chi connectivity index (χ3v) is 4.70. The summed E-state index contributed by atoms with van der Waals surface area (Å²) in [6, 6.07) is 11.1. The number of halogens is 2. The Bertz CT molecular complexity index is 703. The highest BCUT2D eigenvalue weighted by atomic mass is 79.9. The van der Waals surface area contributed by atoms with Gasteiger partial charge in [-0.05, 0) is 64.7 Å². The molecule has 0 spiro atoms. The number of carbonyl (C=O) groups excluding carboxylic acids is 1. The number of hydrogen-bond donors (Lipinski definition) is 2. The smallest absolute Gasteiger partial charge is 0.255 e. The van der Waals surface area contributed by atoms with E-state index in [1.165, 1.54) is 5.56 Å². The van der Waals surface area contributed by atoms with Crippen molar-refractivity contribution in [2.24, 2.45) is 0 Å². The molecule has 0 bridgehead atoms. The number of hydrogen-bond acceptors (Lipinski definition) is 2. The fourth-order valence-corrected chi connectivity index (χ4v) is 2.88. The summed E-state index contributed by atoms with van der Waals surface area (Å²) in [7, 11) is 0. The largest absolute Gasteiger partial charge is 0.385 e. The Hall–Kier alpha value is -1.52. The minimum Gasteiger partial charge on any atom is -0.385 e. The molecule has 3 rings (SSSR count). The first-order valence-corrected chi connectivity index (χ1v) is 7.94. The standard InChI is InChI=1S/C16H14BrClN2O/c17-13-8-11(4-6-14(13)18)16(21)20-12-5-3-10-2-1-7-19-15(10)9-12/h3-6,8-9,19H,1-2,7H2,(H,20,21). The van der Waals surface area contributed by atoms with Crippen LogP contribution in [0.5, 0.6) is 0 Å². The second-order valence-electron chi connectivity index (χ2n) is 4.99. The minimum atomic E-state index is -0.150. The Morgan fingerprint density at radius 2 is 2.10 bits per heavy atom. The molecule has 2 N–H and O–H groups in total. The van der Waals surface area contributed by atoms with Crippen LogP contribution in [-0.4, -0.2) is 12.5 Å². The van der Waals surface area contributed by atoms with Crippen molar-refractivity contribution in [3.05, 3.63) is 57.0 Å². The van der Waals surface area contributed by atoms with Gasteiger partial charge in [0.1, 0.15) is 0 Å². The first kappa shape index (κ1) is 14.4. The summed E-state index contributed by atoms with van der Waals surface area (Å²) in [6.45, 7) is 0.981. The lowest BCUT2D eigenvalue weighted by molar-refractivity contribution is 0.102. The first-order valence-electron chi connectivity index (χ1n) is 6.77. The molecule has 3 nitrogen and oxygen atoms in total. The Balaban J connectivity index is 1.79. The molecule has 0 fully saturated rings. The maximum Gasteiger partial charge on any atom is 0.255 e. The van der Waals surface area contributed by atoms with Crippen LogP contribution in [0.3, 0.4) is 0 Å². The molecule has 108 valence electrons. The molecule has 0 aromatic heterocycles. The summed E-state index contributed by atoms with van der Waals surface area (Å²) in [6.07, 6.45) is 2.23. The molecule has 0 radical (unpaired) electrons. The molecule has 2 aromatic carbocycles. The second kappa shape index (κ2) is 6.08. The zero-order chi connectivity index (χ0) is 14.8. The van der Waals surface area contributed by atoms with Gasteiger partial charge >= 0.3 is 0 Å². The van der Waals surface area contributed by atoms with Gasteiger partial charge in [-0.25, -0.2) is 0 Å². The van der Waals surface area contributed by atoms with Crippen LogP contribution >= 0.6 is 27.5 Å². The highest BCUT2D eigenvalue weighted by molar-refractivity contribution is 9.10. The average Bonchev–Trinajstić information content (AvgIpc) is 2.50. The van der Waals surface area contributed by atoms with Crippen LogP contribution in [0.15, 0.2) is 40.9 Å². The number of anilines is 2. The SMILES string of the molecule is O=C(Nc1ccc2c(c1)NCCC2)c1ccc(Cl)c(Br)c1. The molecule has 0 unspecified atom stereocenters. The van der Waals surface area contributed by atoms with E-state index in [1.807, 2.05) is 12.1 Å². The van der Waals surface area contributed by atoms with E-state index in [0.717, 1.165) is 30.8 Å². The predicted octanol–water partition coefficient (Wildman–Crippen LogP) is 4.71. The fraction of sp³-hybridized carbons (Fsp3) is 0.188. The molecule has 1 heterocycles.